The van der Waals surface area contributed by atoms with Gasteiger partial charge in [0.1, 0.15) is 0 Å². The average molecular weight is 385 g/mol. The van der Waals surface area contributed by atoms with Gasteiger partial charge in [-0.2, -0.15) is 10.2 Å². The molecule has 0 aliphatic rings. The molecule has 0 aliphatic carbocycles. The molecule has 0 radical (unpaired) electrons. The maximum Gasteiger partial charge on any atom is 0.159 e. The number of azo groups is 1. The quantitative estimate of drug-likeness (QED) is 0.332. The van der Waals surface area contributed by atoms with Crippen molar-refractivity contribution in [3.05, 3.63) is 53.7 Å². The van der Waals surface area contributed by atoms with Gasteiger partial charge < -0.3 is 25.4 Å². The molecule has 1 unspecified atom stereocenters. The van der Waals surface area contributed by atoms with Gasteiger partial charge in [0.2, 0.25) is 0 Å². The van der Waals surface area contributed by atoms with Gasteiger partial charge in [-0.15, -0.1) is 0 Å². The first-order valence-electron chi connectivity index (χ1n) is 9.36. The monoisotopic (exact) mass is 385 g/mol. The molecule has 0 saturated heterocycles. The minimum Gasteiger partial charge on any atom is -0.761 e. The molecule has 1 atom stereocenters. The lowest BCUT2D eigenvalue weighted by Crippen LogP contribution is -2.34. The van der Waals surface area contributed by atoms with Gasteiger partial charge in [-0.3, -0.25) is 0 Å². The predicted octanol–water partition coefficient (Wildman–Crippen LogP) is 5.22. The van der Waals surface area contributed by atoms with E-state index in [1.807, 2.05) is 57.6 Å². The fourth-order valence-electron chi connectivity index (χ4n) is 2.32. The number of rotatable bonds is 10. The van der Waals surface area contributed by atoms with Crippen molar-refractivity contribution in [1.82, 2.24) is 0 Å². The molecule has 0 fully saturated rings. The van der Waals surface area contributed by atoms with Gasteiger partial charge >= 0.3 is 0 Å². The van der Waals surface area contributed by atoms with Crippen molar-refractivity contribution in [2.45, 2.75) is 33.5 Å². The zero-order chi connectivity index (χ0) is 20.6. The highest BCUT2D eigenvalue weighted by molar-refractivity contribution is 5.53. The summed E-state index contributed by atoms with van der Waals surface area (Å²) in [5.41, 5.74) is 4.49. The second kappa shape index (κ2) is 10.2. The molecule has 28 heavy (non-hydrogen) atoms. The van der Waals surface area contributed by atoms with Crippen LogP contribution in [0.5, 0.6) is 0 Å². The van der Waals surface area contributed by atoms with Crippen LogP contribution in [0.15, 0.2) is 58.8 Å². The van der Waals surface area contributed by atoms with Crippen molar-refractivity contribution in [3.63, 3.8) is 0 Å². The van der Waals surface area contributed by atoms with E-state index in [-0.39, 0.29) is 5.41 Å². The van der Waals surface area contributed by atoms with E-state index in [0.717, 1.165) is 17.8 Å². The summed E-state index contributed by atoms with van der Waals surface area (Å²) in [5.74, 6) is 0. The van der Waals surface area contributed by atoms with E-state index in [9.17, 15) is 10.3 Å². The van der Waals surface area contributed by atoms with Gasteiger partial charge in [0.15, 0.2) is 6.29 Å². The van der Waals surface area contributed by atoms with Crippen LogP contribution >= 0.6 is 0 Å². The summed E-state index contributed by atoms with van der Waals surface area (Å²) in [4.78, 5) is 2.06. The zero-order valence-electron chi connectivity index (χ0n) is 16.9. The van der Waals surface area contributed by atoms with Gasteiger partial charge in [-0.05, 0) is 55.0 Å². The normalized spacial score (nSPS) is 12.9. The van der Waals surface area contributed by atoms with Crippen LogP contribution in [0.1, 0.15) is 27.2 Å². The van der Waals surface area contributed by atoms with E-state index in [0.29, 0.717) is 24.5 Å². The van der Waals surface area contributed by atoms with Gasteiger partial charge in [0.05, 0.1) is 18.0 Å². The number of ether oxygens (including phenoxy) is 1. The first-order chi connectivity index (χ1) is 13.4. The Morgan fingerprint density at radius 3 is 2.11 bits per heavy atom. The van der Waals surface area contributed by atoms with Crippen LogP contribution < -0.4 is 10.4 Å². The summed E-state index contributed by atoms with van der Waals surface area (Å²) >= 11 is 0. The molecular formula is C21H29N4O3-. The van der Waals surface area contributed by atoms with E-state index in [2.05, 4.69) is 15.1 Å². The second-order valence-corrected chi connectivity index (χ2v) is 7.35. The Morgan fingerprint density at radius 1 is 1.07 bits per heavy atom. The molecule has 0 aromatic heterocycles. The Labute approximate surface area is 166 Å². The topological polar surface area (TPSA) is 92.5 Å². The van der Waals surface area contributed by atoms with Gasteiger partial charge in [-0.25, -0.2) is 0 Å². The molecule has 2 rings (SSSR count). The first-order valence-corrected chi connectivity index (χ1v) is 9.36. The number of hydrogen-bond acceptors (Lipinski definition) is 7. The Bertz CT molecular complexity index is 745. The summed E-state index contributed by atoms with van der Waals surface area (Å²) in [7, 11) is 1.98. The number of nitrogens with zero attached hydrogens (tertiary/aromatic N) is 3. The largest absolute Gasteiger partial charge is 0.761 e. The van der Waals surface area contributed by atoms with Crippen LogP contribution in [0.2, 0.25) is 0 Å². The third-order valence-corrected chi connectivity index (χ3v) is 4.84. The summed E-state index contributed by atoms with van der Waals surface area (Å²) in [6, 6.07) is 14.5. The first kappa shape index (κ1) is 21.8. The average Bonchev–Trinajstić information content (AvgIpc) is 2.72. The molecule has 7 nitrogen and oxygen atoms in total. The summed E-state index contributed by atoms with van der Waals surface area (Å²) < 4.78 is 5.57. The minimum absolute atomic E-state index is 0.253. The number of benzene rings is 2. The van der Waals surface area contributed by atoms with Crippen molar-refractivity contribution in [3.8, 4) is 0 Å². The Kier molecular flexibility index (Phi) is 7.92. The van der Waals surface area contributed by atoms with Gasteiger partial charge in [0.25, 0.3) is 0 Å². The molecule has 2 aromatic rings. The number of aliphatic hydroxyl groups excluding tert-OH is 1. The highest BCUT2D eigenvalue weighted by Gasteiger charge is 2.26. The molecule has 7 heteroatoms. The highest BCUT2D eigenvalue weighted by atomic mass is 16.6. The summed E-state index contributed by atoms with van der Waals surface area (Å²) in [5, 5.41) is 29.0. The van der Waals surface area contributed by atoms with Crippen molar-refractivity contribution < 1.29 is 9.84 Å². The van der Waals surface area contributed by atoms with Crippen LogP contribution in [0.25, 0.3) is 0 Å². The maximum absolute atomic E-state index is 10.5. The molecule has 2 N–H and O–H groups in total. The fraction of sp³-hybridized carbons (Fsp3) is 0.429. The van der Waals surface area contributed by atoms with Crippen molar-refractivity contribution in [2.75, 3.05) is 30.6 Å². The van der Waals surface area contributed by atoms with Crippen LogP contribution in [-0.2, 0) is 4.74 Å². The molecule has 0 amide bonds. The lowest BCUT2D eigenvalue weighted by molar-refractivity contribution is -0.163. The Balaban J connectivity index is 1.86. The van der Waals surface area contributed by atoms with Crippen LogP contribution in [0.4, 0.5) is 22.7 Å². The minimum atomic E-state index is -0.771. The summed E-state index contributed by atoms with van der Waals surface area (Å²) in [6.45, 7) is 7.12. The molecule has 0 bridgehead atoms. The Hall–Kier alpha value is -2.48. The van der Waals surface area contributed by atoms with Crippen LogP contribution in [-0.4, -0.2) is 31.6 Å². The molecule has 0 saturated carbocycles. The Morgan fingerprint density at radius 2 is 1.61 bits per heavy atom. The fourth-order valence-corrected chi connectivity index (χ4v) is 2.32. The highest BCUT2D eigenvalue weighted by Crippen LogP contribution is 2.26. The van der Waals surface area contributed by atoms with E-state index in [4.69, 9.17) is 4.74 Å². The molecule has 2 aromatic carbocycles. The van der Waals surface area contributed by atoms with Crippen LogP contribution in [0, 0.1) is 10.6 Å². The van der Waals surface area contributed by atoms with E-state index < -0.39 is 6.29 Å². The zero-order valence-corrected chi connectivity index (χ0v) is 16.9. The van der Waals surface area contributed by atoms with Gasteiger partial charge in [0, 0.05) is 30.4 Å². The third-order valence-electron chi connectivity index (χ3n) is 4.84. The van der Waals surface area contributed by atoms with Crippen molar-refractivity contribution in [1.29, 1.82) is 0 Å². The number of nitrogens with one attached hydrogen (secondary N) is 1. The van der Waals surface area contributed by atoms with Crippen LogP contribution in [0.3, 0.4) is 0 Å². The lowest BCUT2D eigenvalue weighted by atomic mass is 9.90. The SMILES string of the molecule is CCC(C)(C)C(O)OCCN(C)c1ccc(N=Nc2ccc(N[O-])cc2)cc1. The summed E-state index contributed by atoms with van der Waals surface area (Å²) in [6.07, 6.45) is 0.0758. The molecule has 0 spiro atoms. The third kappa shape index (κ3) is 6.30. The van der Waals surface area contributed by atoms with Crippen molar-refractivity contribution in [2.24, 2.45) is 15.6 Å². The standard InChI is InChI=1S/C21H29N4O3/c1-5-21(2,3)20(26)28-15-14-25(4)19-12-10-17(11-13-19)23-22-16-6-8-18(24-27)9-7-16/h6-13,20,24,26H,5,14-15H2,1-4H3/q-1. The number of likely N-dealkylation sites (N-methyl/N-ethyl adjacent to an activating group) is 1. The van der Waals surface area contributed by atoms with E-state index in [1.54, 1.807) is 24.3 Å². The second-order valence-electron chi connectivity index (χ2n) is 7.35. The molecule has 0 heterocycles. The molecule has 0 aliphatic heterocycles. The molecular weight excluding hydrogens is 356 g/mol. The smallest absolute Gasteiger partial charge is 0.159 e. The number of hydrogen-bond donors (Lipinski definition) is 2. The lowest BCUT2D eigenvalue weighted by Gasteiger charge is -2.29. The maximum atomic E-state index is 10.5. The molecule has 152 valence electrons. The van der Waals surface area contributed by atoms with Gasteiger partial charge in [-0.1, -0.05) is 20.8 Å². The van der Waals surface area contributed by atoms with E-state index in [1.165, 1.54) is 0 Å². The van der Waals surface area contributed by atoms with E-state index >= 15 is 0 Å². The number of aliphatic hydroxyl groups is 1. The van der Waals surface area contributed by atoms with Crippen molar-refractivity contribution >= 4 is 22.7 Å². The predicted molar refractivity (Wildman–Crippen MR) is 113 cm³/mol. The number of anilines is 2.